The lowest BCUT2D eigenvalue weighted by molar-refractivity contribution is -0.153. The number of rotatable bonds is 9. The van der Waals surface area contributed by atoms with Crippen LogP contribution in [0.25, 0.3) is 6.08 Å². The molecule has 1 amide bonds. The maximum Gasteiger partial charge on any atom is 0.344 e. The Morgan fingerprint density at radius 1 is 1.17 bits per heavy atom. The van der Waals surface area contributed by atoms with E-state index < -0.39 is 30.9 Å². The number of hydrogen-bond acceptors (Lipinski definition) is 5. The first-order valence-corrected chi connectivity index (χ1v) is 9.49. The van der Waals surface area contributed by atoms with E-state index in [9.17, 15) is 14.0 Å². The molecule has 8 heteroatoms. The van der Waals surface area contributed by atoms with Crippen molar-refractivity contribution in [2.45, 2.75) is 13.5 Å². The van der Waals surface area contributed by atoms with Crippen LogP contribution in [0.15, 0.2) is 42.5 Å². The monoisotopic (exact) mass is 435 g/mol. The lowest BCUT2D eigenvalue weighted by atomic mass is 10.2. The minimum absolute atomic E-state index is 0.0475. The SMILES string of the molecule is C/C=C/c1ccc(OCC(=O)OCC(=O)N(C)Cc2c(F)cccc2Cl)c(OC)c1. The highest BCUT2D eigenvalue weighted by Crippen LogP contribution is 2.28. The van der Waals surface area contributed by atoms with Crippen LogP contribution >= 0.6 is 11.6 Å². The number of carbonyl (C=O) groups is 2. The first kappa shape index (κ1) is 23.2. The summed E-state index contributed by atoms with van der Waals surface area (Å²) >= 11 is 5.96. The molecule has 0 unspecified atom stereocenters. The van der Waals surface area contributed by atoms with Gasteiger partial charge in [0.2, 0.25) is 0 Å². The number of carbonyl (C=O) groups excluding carboxylic acids is 2. The number of benzene rings is 2. The van der Waals surface area contributed by atoms with E-state index >= 15 is 0 Å². The highest BCUT2D eigenvalue weighted by atomic mass is 35.5. The number of methoxy groups -OCH3 is 1. The minimum Gasteiger partial charge on any atom is -0.493 e. The summed E-state index contributed by atoms with van der Waals surface area (Å²) in [5.41, 5.74) is 1.12. The zero-order chi connectivity index (χ0) is 22.1. The second-order valence-corrected chi connectivity index (χ2v) is 6.72. The summed E-state index contributed by atoms with van der Waals surface area (Å²) in [6.45, 7) is 0.961. The third-order valence-corrected chi connectivity index (χ3v) is 4.49. The van der Waals surface area contributed by atoms with Crippen molar-refractivity contribution in [2.24, 2.45) is 0 Å². The molecule has 0 saturated carbocycles. The lowest BCUT2D eigenvalue weighted by Crippen LogP contribution is -2.32. The van der Waals surface area contributed by atoms with Crippen LogP contribution in [0.4, 0.5) is 4.39 Å². The van der Waals surface area contributed by atoms with E-state index in [4.69, 9.17) is 25.8 Å². The second kappa shape index (κ2) is 11.2. The predicted molar refractivity (Wildman–Crippen MR) is 112 cm³/mol. The normalized spacial score (nSPS) is 10.7. The number of amides is 1. The Bertz CT molecular complexity index is 911. The van der Waals surface area contributed by atoms with E-state index in [0.717, 1.165) is 5.56 Å². The molecule has 0 aliphatic carbocycles. The fourth-order valence-electron chi connectivity index (χ4n) is 2.54. The van der Waals surface area contributed by atoms with E-state index in [-0.39, 0.29) is 17.1 Å². The van der Waals surface area contributed by atoms with Crippen molar-refractivity contribution in [3.8, 4) is 11.5 Å². The number of halogens is 2. The maximum absolute atomic E-state index is 13.8. The molecule has 0 aliphatic rings. The van der Waals surface area contributed by atoms with Crippen LogP contribution in [0, 0.1) is 5.82 Å². The fraction of sp³-hybridized carbons (Fsp3) is 0.273. The van der Waals surface area contributed by atoms with Gasteiger partial charge in [-0.2, -0.15) is 0 Å². The van der Waals surface area contributed by atoms with E-state index in [1.54, 1.807) is 12.1 Å². The second-order valence-electron chi connectivity index (χ2n) is 6.31. The summed E-state index contributed by atoms with van der Waals surface area (Å²) in [4.78, 5) is 25.3. The number of ether oxygens (including phenoxy) is 3. The Morgan fingerprint density at radius 2 is 1.93 bits per heavy atom. The molecule has 0 aromatic heterocycles. The molecule has 2 rings (SSSR count). The Labute approximate surface area is 179 Å². The molecule has 0 radical (unpaired) electrons. The van der Waals surface area contributed by atoms with Crippen LogP contribution in [0.1, 0.15) is 18.1 Å². The molecule has 6 nitrogen and oxygen atoms in total. The Kier molecular flexibility index (Phi) is 8.68. The summed E-state index contributed by atoms with van der Waals surface area (Å²) in [5, 5.41) is 0.217. The lowest BCUT2D eigenvalue weighted by Gasteiger charge is -2.18. The van der Waals surface area contributed by atoms with Crippen LogP contribution in [-0.4, -0.2) is 44.1 Å². The third-order valence-electron chi connectivity index (χ3n) is 4.13. The molecule has 0 heterocycles. The van der Waals surface area contributed by atoms with Crippen LogP contribution in [0.3, 0.4) is 0 Å². The number of hydrogen-bond donors (Lipinski definition) is 0. The molecular weight excluding hydrogens is 413 g/mol. The van der Waals surface area contributed by atoms with Crippen LogP contribution in [-0.2, 0) is 20.9 Å². The van der Waals surface area contributed by atoms with Crippen molar-refractivity contribution in [3.63, 3.8) is 0 Å². The van der Waals surface area contributed by atoms with Gasteiger partial charge < -0.3 is 19.1 Å². The van der Waals surface area contributed by atoms with Crippen molar-refractivity contribution < 1.29 is 28.2 Å². The zero-order valence-electron chi connectivity index (χ0n) is 17.0. The van der Waals surface area contributed by atoms with Gasteiger partial charge in [0.15, 0.2) is 24.7 Å². The summed E-state index contributed by atoms with van der Waals surface area (Å²) < 4.78 is 29.5. The molecule has 0 bridgehead atoms. The molecule has 0 N–H and O–H groups in total. The Morgan fingerprint density at radius 3 is 2.60 bits per heavy atom. The van der Waals surface area contributed by atoms with Gasteiger partial charge in [0.05, 0.1) is 7.11 Å². The first-order chi connectivity index (χ1) is 14.3. The number of esters is 1. The zero-order valence-corrected chi connectivity index (χ0v) is 17.7. The number of nitrogens with zero attached hydrogens (tertiary/aromatic N) is 1. The van der Waals surface area contributed by atoms with Crippen molar-refractivity contribution in [1.82, 2.24) is 4.90 Å². The van der Waals surface area contributed by atoms with Gasteiger partial charge in [0.25, 0.3) is 5.91 Å². The summed E-state index contributed by atoms with van der Waals surface area (Å²) in [7, 11) is 2.96. The molecule has 0 saturated heterocycles. The summed E-state index contributed by atoms with van der Waals surface area (Å²) in [6, 6.07) is 9.54. The molecule has 2 aromatic rings. The third kappa shape index (κ3) is 6.49. The molecule has 0 atom stereocenters. The number of allylic oxidation sites excluding steroid dienone is 1. The van der Waals surface area contributed by atoms with Gasteiger partial charge in [0.1, 0.15) is 5.82 Å². The van der Waals surface area contributed by atoms with Crippen LogP contribution < -0.4 is 9.47 Å². The van der Waals surface area contributed by atoms with Crippen molar-refractivity contribution in [3.05, 3.63) is 64.4 Å². The molecule has 0 fully saturated rings. The largest absolute Gasteiger partial charge is 0.493 e. The molecule has 0 spiro atoms. The van der Waals surface area contributed by atoms with Gasteiger partial charge in [-0.1, -0.05) is 35.9 Å². The van der Waals surface area contributed by atoms with Crippen LogP contribution in [0.2, 0.25) is 5.02 Å². The summed E-state index contributed by atoms with van der Waals surface area (Å²) in [5.74, 6) is -0.894. The predicted octanol–water partition coefficient (Wildman–Crippen LogP) is 4.10. The molecule has 0 aliphatic heterocycles. The van der Waals surface area contributed by atoms with Crippen molar-refractivity contribution in [1.29, 1.82) is 0 Å². The maximum atomic E-state index is 13.8. The number of likely N-dealkylation sites (N-methyl/N-ethyl adjacent to an activating group) is 1. The minimum atomic E-state index is -0.722. The van der Waals surface area contributed by atoms with E-state index in [1.807, 2.05) is 25.1 Å². The van der Waals surface area contributed by atoms with Crippen molar-refractivity contribution in [2.75, 3.05) is 27.4 Å². The van der Waals surface area contributed by atoms with Gasteiger partial charge in [0, 0.05) is 24.2 Å². The molecular formula is C22H23ClFNO5. The molecule has 2 aromatic carbocycles. The van der Waals surface area contributed by atoms with Gasteiger partial charge in [-0.25, -0.2) is 9.18 Å². The molecule has 160 valence electrons. The van der Waals surface area contributed by atoms with Gasteiger partial charge in [-0.3, -0.25) is 4.79 Å². The Balaban J connectivity index is 1.85. The Hall–Kier alpha value is -3.06. The highest BCUT2D eigenvalue weighted by molar-refractivity contribution is 6.31. The van der Waals surface area contributed by atoms with Gasteiger partial charge in [-0.15, -0.1) is 0 Å². The van der Waals surface area contributed by atoms with Crippen LogP contribution in [0.5, 0.6) is 11.5 Å². The highest BCUT2D eigenvalue weighted by Gasteiger charge is 2.16. The van der Waals surface area contributed by atoms with Crippen molar-refractivity contribution >= 4 is 29.6 Å². The van der Waals surface area contributed by atoms with Gasteiger partial charge in [-0.05, 0) is 36.8 Å². The summed E-state index contributed by atoms with van der Waals surface area (Å²) in [6.07, 6.45) is 3.79. The molecule has 30 heavy (non-hydrogen) atoms. The first-order valence-electron chi connectivity index (χ1n) is 9.11. The average molecular weight is 436 g/mol. The smallest absolute Gasteiger partial charge is 0.344 e. The quantitative estimate of drug-likeness (QED) is 0.555. The average Bonchev–Trinajstić information content (AvgIpc) is 2.73. The fourth-order valence-corrected chi connectivity index (χ4v) is 2.76. The standard InChI is InChI=1S/C22H23ClFNO5/c1-4-6-15-9-10-19(20(11-15)28-3)29-14-22(27)30-13-21(26)25(2)12-16-17(23)7-5-8-18(16)24/h4-11H,12-14H2,1-3H3/b6-4+. The topological polar surface area (TPSA) is 65.1 Å². The van der Waals surface area contributed by atoms with E-state index in [1.165, 1.54) is 37.3 Å². The van der Waals surface area contributed by atoms with Gasteiger partial charge >= 0.3 is 5.97 Å². The van der Waals surface area contributed by atoms with E-state index in [2.05, 4.69) is 0 Å². The van der Waals surface area contributed by atoms with E-state index in [0.29, 0.717) is 11.5 Å².